The normalized spacial score (nSPS) is 16.1. The third-order valence-electron chi connectivity index (χ3n) is 4.37. The molecular weight excluding hydrogens is 334 g/mol. The summed E-state index contributed by atoms with van der Waals surface area (Å²) in [5.41, 5.74) is 0.987. The van der Waals surface area contributed by atoms with Gasteiger partial charge in [-0.25, -0.2) is 0 Å². The minimum atomic E-state index is -0.235. The van der Waals surface area contributed by atoms with Gasteiger partial charge in [-0.05, 0) is 24.0 Å². The fourth-order valence-corrected chi connectivity index (χ4v) is 3.10. The summed E-state index contributed by atoms with van der Waals surface area (Å²) in [5.74, 6) is 2.78. The molecule has 1 aliphatic rings. The maximum absolute atomic E-state index is 12.8. The average Bonchev–Trinajstić information content (AvgIpc) is 3.05. The predicted octanol–water partition coefficient (Wildman–Crippen LogP) is 2.49. The molecule has 0 bridgehead atoms. The fraction of sp³-hybridized carbons (Fsp3) is 0.526. The van der Waals surface area contributed by atoms with E-state index in [0.29, 0.717) is 43.0 Å². The van der Waals surface area contributed by atoms with Crippen molar-refractivity contribution < 1.29 is 18.8 Å². The van der Waals surface area contributed by atoms with Crippen molar-refractivity contribution in [3.05, 3.63) is 35.5 Å². The van der Waals surface area contributed by atoms with Crippen LogP contribution in [0.1, 0.15) is 31.1 Å². The number of methoxy groups -OCH3 is 1. The zero-order chi connectivity index (χ0) is 18.7. The molecule has 0 saturated heterocycles. The lowest BCUT2D eigenvalue weighted by Gasteiger charge is -2.28. The van der Waals surface area contributed by atoms with E-state index in [0.717, 1.165) is 17.7 Å². The van der Waals surface area contributed by atoms with Gasteiger partial charge in [0.25, 0.3) is 0 Å². The van der Waals surface area contributed by atoms with Gasteiger partial charge in [0.1, 0.15) is 6.61 Å². The van der Waals surface area contributed by atoms with Gasteiger partial charge in [-0.15, -0.1) is 0 Å². The number of carbonyl (C=O) groups is 1. The summed E-state index contributed by atoms with van der Waals surface area (Å²) in [4.78, 5) is 18.8. The van der Waals surface area contributed by atoms with Crippen LogP contribution in [0.4, 0.5) is 0 Å². The van der Waals surface area contributed by atoms with Gasteiger partial charge < -0.3 is 18.9 Å². The number of aromatic nitrogens is 2. The summed E-state index contributed by atoms with van der Waals surface area (Å²) in [5, 5.41) is 3.97. The highest BCUT2D eigenvalue weighted by Crippen LogP contribution is 2.36. The molecule has 0 spiro atoms. The number of carbonyl (C=O) groups excluding carboxylic acids is 1. The monoisotopic (exact) mass is 359 g/mol. The van der Waals surface area contributed by atoms with Gasteiger partial charge >= 0.3 is 0 Å². The van der Waals surface area contributed by atoms with E-state index in [1.54, 1.807) is 19.1 Å². The zero-order valence-corrected chi connectivity index (χ0v) is 15.7. The van der Waals surface area contributed by atoms with Crippen molar-refractivity contribution in [2.24, 2.45) is 11.8 Å². The second-order valence-corrected chi connectivity index (χ2v) is 7.06. The van der Waals surface area contributed by atoms with Gasteiger partial charge in [0.2, 0.25) is 11.8 Å². The van der Waals surface area contributed by atoms with Gasteiger partial charge in [-0.1, -0.05) is 31.1 Å². The SMILES string of the molecule is COc1cccc2c1OC[C@@H](C(=O)N(C)Cc1noc(CC(C)C)n1)C2. The second-order valence-electron chi connectivity index (χ2n) is 7.06. The van der Waals surface area contributed by atoms with E-state index in [-0.39, 0.29) is 11.8 Å². The van der Waals surface area contributed by atoms with Crippen LogP contribution in [0.25, 0.3) is 0 Å². The van der Waals surface area contributed by atoms with E-state index in [1.165, 1.54) is 0 Å². The summed E-state index contributed by atoms with van der Waals surface area (Å²) < 4.78 is 16.4. The second kappa shape index (κ2) is 7.76. The number of amides is 1. The van der Waals surface area contributed by atoms with Crippen molar-refractivity contribution in [1.82, 2.24) is 15.0 Å². The summed E-state index contributed by atoms with van der Waals surface area (Å²) in [7, 11) is 3.37. The van der Waals surface area contributed by atoms with E-state index in [1.807, 2.05) is 18.2 Å². The number of hydrogen-bond donors (Lipinski definition) is 0. The molecule has 1 aliphatic heterocycles. The molecule has 2 aromatic rings. The number of ether oxygens (including phenoxy) is 2. The first-order chi connectivity index (χ1) is 12.5. The molecule has 0 aliphatic carbocycles. The van der Waals surface area contributed by atoms with Crippen molar-refractivity contribution in [3.8, 4) is 11.5 Å². The van der Waals surface area contributed by atoms with Crippen molar-refractivity contribution in [2.45, 2.75) is 33.2 Å². The van der Waals surface area contributed by atoms with E-state index < -0.39 is 0 Å². The molecule has 140 valence electrons. The molecule has 1 aromatic heterocycles. The van der Waals surface area contributed by atoms with Gasteiger partial charge in [-0.2, -0.15) is 4.98 Å². The average molecular weight is 359 g/mol. The van der Waals surface area contributed by atoms with Crippen LogP contribution >= 0.6 is 0 Å². The first-order valence-corrected chi connectivity index (χ1v) is 8.83. The highest BCUT2D eigenvalue weighted by atomic mass is 16.5. The van der Waals surface area contributed by atoms with Crippen molar-refractivity contribution >= 4 is 5.91 Å². The minimum absolute atomic E-state index is 0.00804. The molecule has 2 heterocycles. The molecule has 1 atom stereocenters. The Kier molecular flexibility index (Phi) is 5.44. The number of hydrogen-bond acceptors (Lipinski definition) is 6. The Labute approximate surface area is 153 Å². The Morgan fingerprint density at radius 3 is 2.96 bits per heavy atom. The van der Waals surface area contributed by atoms with Gasteiger partial charge in [0.05, 0.1) is 19.6 Å². The third kappa shape index (κ3) is 3.98. The maximum atomic E-state index is 12.8. The minimum Gasteiger partial charge on any atom is -0.493 e. The first kappa shape index (κ1) is 18.2. The Hall–Kier alpha value is -2.57. The highest BCUT2D eigenvalue weighted by molar-refractivity contribution is 5.79. The molecule has 0 saturated carbocycles. The van der Waals surface area contributed by atoms with Crippen LogP contribution in [0.2, 0.25) is 0 Å². The molecule has 7 nitrogen and oxygen atoms in total. The van der Waals surface area contributed by atoms with Crippen LogP contribution in [0.5, 0.6) is 11.5 Å². The lowest BCUT2D eigenvalue weighted by molar-refractivity contribution is -0.136. The summed E-state index contributed by atoms with van der Waals surface area (Å²) in [6, 6.07) is 5.74. The topological polar surface area (TPSA) is 77.7 Å². The lowest BCUT2D eigenvalue weighted by Crippen LogP contribution is -2.38. The first-order valence-electron chi connectivity index (χ1n) is 8.83. The van der Waals surface area contributed by atoms with Crippen LogP contribution < -0.4 is 9.47 Å². The van der Waals surface area contributed by atoms with Crippen LogP contribution in [0, 0.1) is 11.8 Å². The maximum Gasteiger partial charge on any atom is 0.229 e. The number of rotatable bonds is 6. The molecular formula is C19H25N3O4. The Morgan fingerprint density at radius 1 is 1.42 bits per heavy atom. The quantitative estimate of drug-likeness (QED) is 0.788. The summed E-state index contributed by atoms with van der Waals surface area (Å²) in [6.45, 7) is 4.84. The Bertz CT molecular complexity index is 772. The number of benzene rings is 1. The van der Waals surface area contributed by atoms with Gasteiger partial charge in [0.15, 0.2) is 17.3 Å². The van der Waals surface area contributed by atoms with Crippen LogP contribution in [0.15, 0.2) is 22.7 Å². The van der Waals surface area contributed by atoms with Crippen molar-refractivity contribution in [1.29, 1.82) is 0 Å². The predicted molar refractivity (Wildman–Crippen MR) is 95.0 cm³/mol. The van der Waals surface area contributed by atoms with Gasteiger partial charge in [-0.3, -0.25) is 4.79 Å². The highest BCUT2D eigenvalue weighted by Gasteiger charge is 2.30. The largest absolute Gasteiger partial charge is 0.493 e. The van der Waals surface area contributed by atoms with Crippen LogP contribution in [-0.2, 0) is 24.2 Å². The number of fused-ring (bicyclic) bond motifs is 1. The Morgan fingerprint density at radius 2 is 2.23 bits per heavy atom. The van der Waals surface area contributed by atoms with Crippen molar-refractivity contribution in [3.63, 3.8) is 0 Å². The molecule has 1 amide bonds. The number of nitrogens with zero attached hydrogens (tertiary/aromatic N) is 3. The van der Waals surface area contributed by atoms with E-state index in [2.05, 4.69) is 24.0 Å². The summed E-state index contributed by atoms with van der Waals surface area (Å²) >= 11 is 0. The molecule has 26 heavy (non-hydrogen) atoms. The molecule has 0 unspecified atom stereocenters. The van der Waals surface area contributed by atoms with Gasteiger partial charge in [0, 0.05) is 13.5 Å². The van der Waals surface area contributed by atoms with E-state index >= 15 is 0 Å². The molecule has 7 heteroatoms. The number of para-hydroxylation sites is 1. The fourth-order valence-electron chi connectivity index (χ4n) is 3.10. The van der Waals surface area contributed by atoms with Crippen molar-refractivity contribution in [2.75, 3.05) is 20.8 Å². The lowest BCUT2D eigenvalue weighted by atomic mass is 9.95. The molecule has 1 aromatic carbocycles. The molecule has 0 radical (unpaired) electrons. The van der Waals surface area contributed by atoms with Crippen LogP contribution in [-0.4, -0.2) is 41.7 Å². The van der Waals surface area contributed by atoms with E-state index in [4.69, 9.17) is 14.0 Å². The zero-order valence-electron chi connectivity index (χ0n) is 15.7. The van der Waals surface area contributed by atoms with Crippen LogP contribution in [0.3, 0.4) is 0 Å². The third-order valence-corrected chi connectivity index (χ3v) is 4.37. The standard InChI is InChI=1S/C19H25N3O4/c1-12(2)8-17-20-16(21-26-17)10-22(3)19(23)14-9-13-6-5-7-15(24-4)18(13)25-11-14/h5-7,12,14H,8-11H2,1-4H3/t14-/m0/s1. The summed E-state index contributed by atoms with van der Waals surface area (Å²) in [6.07, 6.45) is 1.36. The molecule has 0 N–H and O–H groups in total. The molecule has 3 rings (SSSR count). The van der Waals surface area contributed by atoms with E-state index in [9.17, 15) is 4.79 Å². The smallest absolute Gasteiger partial charge is 0.229 e. The molecule has 0 fully saturated rings. The Balaban J connectivity index is 1.63.